The Kier molecular flexibility index (Phi) is 3.68. The van der Waals surface area contributed by atoms with Crippen LogP contribution in [-0.4, -0.2) is 35.6 Å². The molecule has 0 aliphatic carbocycles. The molecule has 3 nitrogen and oxygen atoms in total. The highest BCUT2D eigenvalue weighted by Crippen LogP contribution is 2.40. The van der Waals surface area contributed by atoms with Crippen LogP contribution < -0.4 is 0 Å². The molecule has 1 fully saturated rings. The summed E-state index contributed by atoms with van der Waals surface area (Å²) in [5.74, 6) is 0.643. The number of methoxy groups -OCH3 is 1. The van der Waals surface area contributed by atoms with Crippen molar-refractivity contribution in [2.75, 3.05) is 13.7 Å². The lowest BCUT2D eigenvalue weighted by Crippen LogP contribution is -2.59. The molecule has 1 aliphatic rings. The molecule has 1 saturated heterocycles. The van der Waals surface area contributed by atoms with Gasteiger partial charge >= 0.3 is 0 Å². The highest BCUT2D eigenvalue weighted by molar-refractivity contribution is 5.74. The van der Waals surface area contributed by atoms with E-state index in [0.717, 1.165) is 19.4 Å². The van der Waals surface area contributed by atoms with Crippen LogP contribution in [0.5, 0.6) is 0 Å². The Labute approximate surface area is 99.1 Å². The molecule has 3 heteroatoms. The first kappa shape index (κ1) is 13.5. The molecule has 1 aliphatic heterocycles. The topological polar surface area (TPSA) is 29.5 Å². The van der Waals surface area contributed by atoms with E-state index in [1.54, 1.807) is 14.0 Å². The standard InChI is InChI=1S/C13H25NO2/c1-10(2)13(16-6)7-8-14(11(3)15)12(4,5)9-13/h10H,7-9H2,1-6H3. The highest BCUT2D eigenvalue weighted by atomic mass is 16.5. The van der Waals surface area contributed by atoms with Gasteiger partial charge in [-0.2, -0.15) is 0 Å². The fourth-order valence-electron chi connectivity index (χ4n) is 3.01. The molecular formula is C13H25NO2. The summed E-state index contributed by atoms with van der Waals surface area (Å²) in [4.78, 5) is 13.5. The van der Waals surface area contributed by atoms with Gasteiger partial charge in [0.2, 0.25) is 5.91 Å². The van der Waals surface area contributed by atoms with Gasteiger partial charge < -0.3 is 9.64 Å². The van der Waals surface area contributed by atoms with E-state index in [2.05, 4.69) is 27.7 Å². The average molecular weight is 227 g/mol. The molecule has 0 aromatic carbocycles. The molecule has 1 rings (SSSR count). The Balaban J connectivity index is 2.92. The number of carbonyl (C=O) groups excluding carboxylic acids is 1. The normalized spacial score (nSPS) is 29.6. The lowest BCUT2D eigenvalue weighted by atomic mass is 9.73. The quantitative estimate of drug-likeness (QED) is 0.725. The van der Waals surface area contributed by atoms with Crippen molar-refractivity contribution in [2.45, 2.75) is 58.6 Å². The van der Waals surface area contributed by atoms with E-state index in [-0.39, 0.29) is 17.0 Å². The van der Waals surface area contributed by atoms with Gasteiger partial charge in [-0.25, -0.2) is 0 Å². The Morgan fingerprint density at radius 1 is 1.38 bits per heavy atom. The average Bonchev–Trinajstić information content (AvgIpc) is 2.14. The summed E-state index contributed by atoms with van der Waals surface area (Å²) in [6, 6.07) is 0. The second-order valence-electron chi connectivity index (χ2n) is 5.83. The van der Waals surface area contributed by atoms with E-state index in [9.17, 15) is 4.79 Å². The summed E-state index contributed by atoms with van der Waals surface area (Å²) in [6.07, 6.45) is 1.85. The predicted octanol–water partition coefficient (Wildman–Crippen LogP) is 2.45. The summed E-state index contributed by atoms with van der Waals surface area (Å²) < 4.78 is 5.77. The van der Waals surface area contributed by atoms with Crippen LogP contribution in [0.1, 0.15) is 47.5 Å². The van der Waals surface area contributed by atoms with E-state index < -0.39 is 0 Å². The van der Waals surface area contributed by atoms with Crippen LogP contribution in [0.3, 0.4) is 0 Å². The largest absolute Gasteiger partial charge is 0.378 e. The minimum Gasteiger partial charge on any atom is -0.378 e. The zero-order valence-corrected chi connectivity index (χ0v) is 11.5. The summed E-state index contributed by atoms with van der Waals surface area (Å²) in [6.45, 7) is 11.1. The fraction of sp³-hybridized carbons (Fsp3) is 0.923. The number of rotatable bonds is 2. The molecule has 1 unspecified atom stereocenters. The molecule has 0 aromatic rings. The second-order valence-corrected chi connectivity index (χ2v) is 5.83. The smallest absolute Gasteiger partial charge is 0.219 e. The Hall–Kier alpha value is -0.570. The first-order valence-corrected chi connectivity index (χ1v) is 6.08. The minimum absolute atomic E-state index is 0.0740. The zero-order valence-electron chi connectivity index (χ0n) is 11.5. The highest BCUT2D eigenvalue weighted by Gasteiger charge is 2.46. The number of ether oxygens (including phenoxy) is 1. The maximum absolute atomic E-state index is 11.6. The van der Waals surface area contributed by atoms with Gasteiger partial charge in [0.05, 0.1) is 5.60 Å². The summed E-state index contributed by atoms with van der Waals surface area (Å²) >= 11 is 0. The molecule has 0 N–H and O–H groups in total. The van der Waals surface area contributed by atoms with Gasteiger partial charge in [0.15, 0.2) is 0 Å². The van der Waals surface area contributed by atoms with E-state index >= 15 is 0 Å². The lowest BCUT2D eigenvalue weighted by molar-refractivity contribution is -0.154. The predicted molar refractivity (Wildman–Crippen MR) is 65.3 cm³/mol. The van der Waals surface area contributed by atoms with Crippen molar-refractivity contribution in [1.82, 2.24) is 4.90 Å². The summed E-state index contributed by atoms with van der Waals surface area (Å²) in [7, 11) is 1.79. The molecule has 1 atom stereocenters. The molecule has 0 saturated carbocycles. The number of carbonyl (C=O) groups is 1. The Bertz CT molecular complexity index is 273. The van der Waals surface area contributed by atoms with Crippen LogP contribution in [0, 0.1) is 5.92 Å². The van der Waals surface area contributed by atoms with Gasteiger partial charge in [0, 0.05) is 26.1 Å². The summed E-state index contributed by atoms with van der Waals surface area (Å²) in [5, 5.41) is 0. The number of hydrogen-bond acceptors (Lipinski definition) is 2. The summed E-state index contributed by atoms with van der Waals surface area (Å²) in [5.41, 5.74) is -0.181. The van der Waals surface area contributed by atoms with Crippen LogP contribution in [0.2, 0.25) is 0 Å². The van der Waals surface area contributed by atoms with Gasteiger partial charge in [-0.3, -0.25) is 4.79 Å². The second kappa shape index (κ2) is 4.36. The number of likely N-dealkylation sites (tertiary alicyclic amines) is 1. The lowest BCUT2D eigenvalue weighted by Gasteiger charge is -2.52. The third-order valence-corrected chi connectivity index (χ3v) is 4.06. The van der Waals surface area contributed by atoms with Crippen molar-refractivity contribution in [3.63, 3.8) is 0 Å². The number of amides is 1. The molecule has 0 bridgehead atoms. The maximum atomic E-state index is 11.6. The number of nitrogens with zero attached hydrogens (tertiary/aromatic N) is 1. The van der Waals surface area contributed by atoms with Gasteiger partial charge in [0.1, 0.15) is 0 Å². The first-order valence-electron chi connectivity index (χ1n) is 6.08. The van der Waals surface area contributed by atoms with Gasteiger partial charge in [-0.05, 0) is 32.6 Å². The zero-order chi connectivity index (χ0) is 12.6. The van der Waals surface area contributed by atoms with E-state index in [0.29, 0.717) is 5.92 Å². The Morgan fingerprint density at radius 3 is 2.25 bits per heavy atom. The van der Waals surface area contributed by atoms with Crippen LogP contribution in [0.4, 0.5) is 0 Å². The van der Waals surface area contributed by atoms with Crippen molar-refractivity contribution in [3.8, 4) is 0 Å². The van der Waals surface area contributed by atoms with Crippen LogP contribution in [-0.2, 0) is 9.53 Å². The van der Waals surface area contributed by atoms with Gasteiger partial charge in [-0.15, -0.1) is 0 Å². The van der Waals surface area contributed by atoms with Crippen molar-refractivity contribution >= 4 is 5.91 Å². The molecule has 0 radical (unpaired) electrons. The van der Waals surface area contributed by atoms with Crippen molar-refractivity contribution < 1.29 is 9.53 Å². The van der Waals surface area contributed by atoms with E-state index in [1.807, 2.05) is 4.90 Å². The van der Waals surface area contributed by atoms with E-state index in [4.69, 9.17) is 4.74 Å². The van der Waals surface area contributed by atoms with Crippen molar-refractivity contribution in [2.24, 2.45) is 5.92 Å². The van der Waals surface area contributed by atoms with Crippen LogP contribution in [0.15, 0.2) is 0 Å². The molecule has 1 heterocycles. The minimum atomic E-state index is -0.107. The molecule has 0 spiro atoms. The monoisotopic (exact) mass is 227 g/mol. The van der Waals surface area contributed by atoms with Crippen molar-refractivity contribution in [3.05, 3.63) is 0 Å². The third-order valence-electron chi connectivity index (χ3n) is 4.06. The van der Waals surface area contributed by atoms with Gasteiger partial charge in [-0.1, -0.05) is 13.8 Å². The van der Waals surface area contributed by atoms with Gasteiger partial charge in [0.25, 0.3) is 0 Å². The molecule has 1 amide bonds. The SMILES string of the molecule is COC1(C(C)C)CCN(C(C)=O)C(C)(C)C1. The van der Waals surface area contributed by atoms with Crippen molar-refractivity contribution in [1.29, 1.82) is 0 Å². The Morgan fingerprint density at radius 2 is 1.94 bits per heavy atom. The number of piperidine rings is 1. The number of hydrogen-bond donors (Lipinski definition) is 0. The molecule has 94 valence electrons. The van der Waals surface area contributed by atoms with Crippen LogP contribution >= 0.6 is 0 Å². The fourth-order valence-corrected chi connectivity index (χ4v) is 3.01. The third kappa shape index (κ3) is 2.24. The molecule has 16 heavy (non-hydrogen) atoms. The maximum Gasteiger partial charge on any atom is 0.219 e. The van der Waals surface area contributed by atoms with E-state index in [1.165, 1.54) is 0 Å². The molecular weight excluding hydrogens is 202 g/mol. The molecule has 0 aromatic heterocycles. The van der Waals surface area contributed by atoms with Crippen LogP contribution in [0.25, 0.3) is 0 Å². The first-order chi connectivity index (χ1) is 7.25.